The van der Waals surface area contributed by atoms with E-state index in [0.29, 0.717) is 12.8 Å². The van der Waals surface area contributed by atoms with Gasteiger partial charge in [0.25, 0.3) is 10.0 Å². The smallest absolute Gasteiger partial charge is 0.262 e. The Morgan fingerprint density at radius 2 is 1.28 bits per heavy atom. The maximum atomic E-state index is 12.8. The van der Waals surface area contributed by atoms with Gasteiger partial charge in [0.2, 0.25) is 20.0 Å². The van der Waals surface area contributed by atoms with Crippen LogP contribution >= 0.6 is 34.8 Å². The summed E-state index contributed by atoms with van der Waals surface area (Å²) >= 11 is 18.7. The normalized spacial score (nSPS) is 12.4. The predicted molar refractivity (Wildman–Crippen MR) is 130 cm³/mol. The fourth-order valence-corrected chi connectivity index (χ4v) is 6.46. The molecule has 15 heteroatoms. The van der Waals surface area contributed by atoms with Crippen molar-refractivity contribution >= 4 is 81.9 Å². The molecule has 0 radical (unpaired) electrons. The molecule has 0 aliphatic carbocycles. The Morgan fingerprint density at radius 3 is 1.81 bits per heavy atom. The number of sulfonamides is 3. The Hall–Kier alpha value is -1.44. The number of anilines is 3. The van der Waals surface area contributed by atoms with E-state index >= 15 is 0 Å². The van der Waals surface area contributed by atoms with Crippen molar-refractivity contribution in [1.82, 2.24) is 0 Å². The molecule has 32 heavy (non-hydrogen) atoms. The summed E-state index contributed by atoms with van der Waals surface area (Å²) in [5, 5.41) is -1.37. The average Bonchev–Trinajstić information content (AvgIpc) is 2.70. The molecule has 0 aliphatic heterocycles. The zero-order valence-electron chi connectivity index (χ0n) is 16.8. The lowest BCUT2D eigenvalue weighted by Gasteiger charge is -2.21. The third-order valence-corrected chi connectivity index (χ3v) is 8.43. The van der Waals surface area contributed by atoms with E-state index in [-0.39, 0.29) is 16.3 Å². The molecule has 0 atom stereocenters. The monoisotopic (exact) mass is 563 g/mol. The van der Waals surface area contributed by atoms with Crippen molar-refractivity contribution in [2.75, 3.05) is 26.2 Å². The summed E-state index contributed by atoms with van der Waals surface area (Å²) in [6.45, 7) is 1.80. The third kappa shape index (κ3) is 6.78. The van der Waals surface area contributed by atoms with Crippen LogP contribution in [-0.4, -0.2) is 37.3 Å². The Labute approximate surface area is 202 Å². The van der Waals surface area contributed by atoms with Gasteiger partial charge in [0.05, 0.1) is 49.0 Å². The predicted octanol–water partition coefficient (Wildman–Crippen LogP) is 4.36. The molecule has 0 unspecified atom stereocenters. The Morgan fingerprint density at radius 1 is 0.750 bits per heavy atom. The highest BCUT2D eigenvalue weighted by Gasteiger charge is 2.28. The van der Waals surface area contributed by atoms with Crippen LogP contribution in [0.4, 0.5) is 17.1 Å². The molecular weight excluding hydrogens is 545 g/mol. The molecule has 2 rings (SSSR count). The van der Waals surface area contributed by atoms with E-state index in [1.54, 1.807) is 13.0 Å². The van der Waals surface area contributed by atoms with E-state index in [2.05, 4.69) is 14.2 Å². The Balaban J connectivity index is 2.69. The molecule has 0 heterocycles. The second-order valence-electron chi connectivity index (χ2n) is 6.63. The highest BCUT2D eigenvalue weighted by molar-refractivity contribution is 7.93. The second kappa shape index (κ2) is 10.2. The maximum Gasteiger partial charge on any atom is 0.262 e. The molecule has 9 nitrogen and oxygen atoms in total. The summed E-state index contributed by atoms with van der Waals surface area (Å²) in [5.41, 5.74) is -1.34. The van der Waals surface area contributed by atoms with Crippen molar-refractivity contribution in [3.05, 3.63) is 45.4 Å². The lowest BCUT2D eigenvalue weighted by molar-refractivity contribution is 0.597. The molecule has 0 fully saturated rings. The van der Waals surface area contributed by atoms with E-state index in [9.17, 15) is 25.3 Å². The van der Waals surface area contributed by atoms with Gasteiger partial charge in [-0.3, -0.25) is 14.2 Å². The molecule has 0 spiro atoms. The minimum absolute atomic E-state index is 0.141. The van der Waals surface area contributed by atoms with Gasteiger partial charge in [-0.1, -0.05) is 66.3 Å². The molecule has 0 bridgehead atoms. The number of nitrogens with one attached hydrogen (secondary N) is 3. The molecule has 0 saturated heterocycles. The molecule has 178 valence electrons. The molecule has 2 aromatic rings. The largest absolute Gasteiger partial charge is 0.280 e. The highest BCUT2D eigenvalue weighted by atomic mass is 35.5. The molecule has 2 aromatic carbocycles. The quantitative estimate of drug-likeness (QED) is 0.367. The standard InChI is InChI=1S/C17H20Cl3N3O6S3/c1-3-4-10-31(26,27)22-15-12(18)13(19)16(17(14(15)20)21-30(2,24)25)23-32(28,29)11-8-6-5-7-9-11/h5-9,21-23H,3-4,10H2,1-2H3. The van der Waals surface area contributed by atoms with Crippen molar-refractivity contribution in [2.24, 2.45) is 0 Å². The van der Waals surface area contributed by atoms with Crippen LogP contribution in [0.5, 0.6) is 0 Å². The minimum Gasteiger partial charge on any atom is -0.280 e. The number of rotatable bonds is 10. The van der Waals surface area contributed by atoms with Crippen molar-refractivity contribution in [2.45, 2.75) is 24.7 Å². The minimum atomic E-state index is -4.23. The molecule has 0 aromatic heterocycles. The molecule has 0 amide bonds. The van der Waals surface area contributed by atoms with Gasteiger partial charge >= 0.3 is 0 Å². The van der Waals surface area contributed by atoms with E-state index in [1.165, 1.54) is 24.3 Å². The molecular formula is C17H20Cl3N3O6S3. The van der Waals surface area contributed by atoms with Crippen LogP contribution in [0.3, 0.4) is 0 Å². The van der Waals surface area contributed by atoms with Crippen molar-refractivity contribution in [1.29, 1.82) is 0 Å². The van der Waals surface area contributed by atoms with E-state index < -0.39 is 56.5 Å². The van der Waals surface area contributed by atoms with Crippen LogP contribution in [0.1, 0.15) is 19.8 Å². The molecule has 0 aliphatic rings. The zero-order chi connectivity index (χ0) is 24.3. The molecule has 0 saturated carbocycles. The van der Waals surface area contributed by atoms with Crippen LogP contribution in [0.25, 0.3) is 0 Å². The van der Waals surface area contributed by atoms with Crippen molar-refractivity contribution in [3.8, 4) is 0 Å². The number of hydrogen-bond donors (Lipinski definition) is 3. The third-order valence-electron chi connectivity index (χ3n) is 3.92. The van der Waals surface area contributed by atoms with Gasteiger partial charge in [0.15, 0.2) is 0 Å². The SMILES string of the molecule is CCCCS(=O)(=O)Nc1c(Cl)c(Cl)c(NS(=O)(=O)c2ccccc2)c(NS(C)(=O)=O)c1Cl. The Bertz CT molecular complexity index is 1320. The number of halogens is 3. The maximum absolute atomic E-state index is 12.8. The number of hydrogen-bond acceptors (Lipinski definition) is 6. The fourth-order valence-electron chi connectivity index (χ4n) is 2.46. The van der Waals surface area contributed by atoms with Gasteiger partial charge in [-0.2, -0.15) is 0 Å². The summed E-state index contributed by atoms with van der Waals surface area (Å²) in [6.07, 6.45) is 1.75. The van der Waals surface area contributed by atoms with Crippen molar-refractivity contribution < 1.29 is 25.3 Å². The zero-order valence-corrected chi connectivity index (χ0v) is 21.5. The number of benzene rings is 2. The first-order valence-electron chi connectivity index (χ1n) is 8.95. The summed E-state index contributed by atoms with van der Waals surface area (Å²) in [6, 6.07) is 7.19. The lowest BCUT2D eigenvalue weighted by atomic mass is 10.2. The van der Waals surface area contributed by atoms with E-state index in [4.69, 9.17) is 34.8 Å². The van der Waals surface area contributed by atoms with Crippen LogP contribution in [0, 0.1) is 0 Å². The average molecular weight is 565 g/mol. The van der Waals surface area contributed by atoms with Crippen molar-refractivity contribution in [3.63, 3.8) is 0 Å². The summed E-state index contributed by atoms with van der Waals surface area (Å²) < 4.78 is 80.5. The van der Waals surface area contributed by atoms with Gasteiger partial charge in [-0.25, -0.2) is 25.3 Å². The second-order valence-corrected chi connectivity index (χ2v) is 13.0. The molecule has 3 N–H and O–H groups in total. The van der Waals surface area contributed by atoms with E-state index in [0.717, 1.165) is 6.26 Å². The van der Waals surface area contributed by atoms with Gasteiger partial charge < -0.3 is 0 Å². The van der Waals surface area contributed by atoms with Gasteiger partial charge in [0, 0.05) is 0 Å². The van der Waals surface area contributed by atoms with Crippen LogP contribution < -0.4 is 14.2 Å². The first kappa shape index (κ1) is 26.8. The lowest BCUT2D eigenvalue weighted by Crippen LogP contribution is -2.20. The Kier molecular flexibility index (Phi) is 8.57. The summed E-state index contributed by atoms with van der Waals surface area (Å²) in [4.78, 5) is -0.141. The van der Waals surface area contributed by atoms with Crippen LogP contribution in [0.2, 0.25) is 15.1 Å². The fraction of sp³-hybridized carbons (Fsp3) is 0.294. The first-order chi connectivity index (χ1) is 14.7. The van der Waals surface area contributed by atoms with Gasteiger partial charge in [-0.15, -0.1) is 0 Å². The first-order valence-corrected chi connectivity index (χ1v) is 15.1. The van der Waals surface area contributed by atoms with Crippen LogP contribution in [-0.2, 0) is 30.1 Å². The summed E-state index contributed by atoms with van der Waals surface area (Å²) in [5.74, 6) is -0.245. The van der Waals surface area contributed by atoms with E-state index in [1.807, 2.05) is 0 Å². The highest BCUT2D eigenvalue weighted by Crippen LogP contribution is 2.49. The summed E-state index contributed by atoms with van der Waals surface area (Å²) in [7, 11) is -12.1. The van der Waals surface area contributed by atoms with Gasteiger partial charge in [-0.05, 0) is 18.6 Å². The van der Waals surface area contributed by atoms with Gasteiger partial charge in [0.1, 0.15) is 0 Å². The topological polar surface area (TPSA) is 139 Å². The van der Waals surface area contributed by atoms with Crippen LogP contribution in [0.15, 0.2) is 35.2 Å². The number of unbranched alkanes of at least 4 members (excludes halogenated alkanes) is 1.